The molecular formula is C13H23N5. The van der Waals surface area contributed by atoms with Crippen LogP contribution < -0.4 is 10.6 Å². The molecule has 0 spiro atoms. The summed E-state index contributed by atoms with van der Waals surface area (Å²) in [4.78, 5) is 11.0. The first-order valence-corrected chi connectivity index (χ1v) is 6.72. The normalized spacial score (nSPS) is 14.9. The van der Waals surface area contributed by atoms with E-state index in [-0.39, 0.29) is 0 Å². The van der Waals surface area contributed by atoms with Crippen LogP contribution in [0.25, 0.3) is 0 Å². The minimum absolute atomic E-state index is 0.815. The molecule has 2 N–H and O–H groups in total. The molecule has 0 radical (unpaired) electrons. The Morgan fingerprint density at radius 2 is 2.06 bits per heavy atom. The molecule has 0 aliphatic heterocycles. The van der Waals surface area contributed by atoms with E-state index in [0.717, 1.165) is 42.8 Å². The average molecular weight is 249 g/mol. The van der Waals surface area contributed by atoms with Gasteiger partial charge in [0, 0.05) is 31.7 Å². The third kappa shape index (κ3) is 3.10. The number of rotatable bonds is 7. The fourth-order valence-electron chi connectivity index (χ4n) is 2.16. The fraction of sp³-hybridized carbons (Fsp3) is 0.692. The van der Waals surface area contributed by atoms with Crippen molar-refractivity contribution in [3.05, 3.63) is 11.9 Å². The lowest BCUT2D eigenvalue weighted by Gasteiger charge is -2.17. The predicted molar refractivity (Wildman–Crippen MR) is 75.1 cm³/mol. The standard InChI is InChI=1S/C13H23N5/c1-4-11-12(14-2)16-9-17-13(11)15-7-8-18(3)10-5-6-10/h9-10H,4-8H2,1-3H3,(H2,14,15,16,17). The Hall–Kier alpha value is -1.36. The van der Waals surface area contributed by atoms with E-state index in [1.165, 1.54) is 12.8 Å². The third-order valence-electron chi connectivity index (χ3n) is 3.46. The van der Waals surface area contributed by atoms with Crippen LogP contribution in [0.2, 0.25) is 0 Å². The van der Waals surface area contributed by atoms with Crippen LogP contribution in [0.4, 0.5) is 11.6 Å². The molecule has 1 heterocycles. The van der Waals surface area contributed by atoms with Crippen LogP contribution in [0.1, 0.15) is 25.3 Å². The first-order chi connectivity index (χ1) is 8.76. The van der Waals surface area contributed by atoms with E-state index in [9.17, 15) is 0 Å². The van der Waals surface area contributed by atoms with Gasteiger partial charge in [-0.25, -0.2) is 9.97 Å². The van der Waals surface area contributed by atoms with Gasteiger partial charge in [-0.15, -0.1) is 0 Å². The molecule has 0 unspecified atom stereocenters. The van der Waals surface area contributed by atoms with Gasteiger partial charge in [-0.1, -0.05) is 6.92 Å². The van der Waals surface area contributed by atoms with E-state index >= 15 is 0 Å². The number of likely N-dealkylation sites (N-methyl/N-ethyl adjacent to an activating group) is 1. The Balaban J connectivity index is 1.91. The number of hydrogen-bond acceptors (Lipinski definition) is 5. The van der Waals surface area contributed by atoms with Crippen molar-refractivity contribution in [3.8, 4) is 0 Å². The van der Waals surface area contributed by atoms with Crippen LogP contribution in [-0.2, 0) is 6.42 Å². The zero-order chi connectivity index (χ0) is 13.0. The zero-order valence-corrected chi connectivity index (χ0v) is 11.5. The van der Waals surface area contributed by atoms with Gasteiger partial charge in [-0.05, 0) is 26.3 Å². The molecule has 5 heteroatoms. The lowest BCUT2D eigenvalue weighted by atomic mass is 10.2. The summed E-state index contributed by atoms with van der Waals surface area (Å²) in [5.41, 5.74) is 1.16. The second-order valence-corrected chi connectivity index (χ2v) is 4.79. The summed E-state index contributed by atoms with van der Waals surface area (Å²) in [6.45, 7) is 4.12. The van der Waals surface area contributed by atoms with E-state index in [1.807, 2.05) is 7.05 Å². The lowest BCUT2D eigenvalue weighted by molar-refractivity contribution is 0.337. The quantitative estimate of drug-likeness (QED) is 0.768. The lowest BCUT2D eigenvalue weighted by Crippen LogP contribution is -2.27. The van der Waals surface area contributed by atoms with Crippen molar-refractivity contribution in [2.24, 2.45) is 0 Å². The summed E-state index contributed by atoms with van der Waals surface area (Å²) < 4.78 is 0. The molecular weight excluding hydrogens is 226 g/mol. The van der Waals surface area contributed by atoms with Crippen molar-refractivity contribution >= 4 is 11.6 Å². The minimum Gasteiger partial charge on any atom is -0.373 e. The number of nitrogens with zero attached hydrogens (tertiary/aromatic N) is 3. The largest absolute Gasteiger partial charge is 0.373 e. The molecule has 1 fully saturated rings. The first-order valence-electron chi connectivity index (χ1n) is 6.72. The van der Waals surface area contributed by atoms with Crippen LogP contribution in [0.5, 0.6) is 0 Å². The number of hydrogen-bond donors (Lipinski definition) is 2. The van der Waals surface area contributed by atoms with Gasteiger partial charge < -0.3 is 15.5 Å². The van der Waals surface area contributed by atoms with Crippen molar-refractivity contribution in [3.63, 3.8) is 0 Å². The predicted octanol–water partition coefficient (Wildman–Crippen LogP) is 1.59. The molecule has 1 aromatic heterocycles. The van der Waals surface area contributed by atoms with Gasteiger partial charge in [-0.3, -0.25) is 0 Å². The molecule has 2 rings (SSSR count). The summed E-state index contributed by atoms with van der Waals surface area (Å²) >= 11 is 0. The van der Waals surface area contributed by atoms with Crippen LogP contribution >= 0.6 is 0 Å². The first kappa shape index (κ1) is 13.1. The molecule has 0 atom stereocenters. The Bertz CT molecular complexity index is 389. The molecule has 5 nitrogen and oxygen atoms in total. The molecule has 1 saturated carbocycles. The number of nitrogens with one attached hydrogen (secondary N) is 2. The summed E-state index contributed by atoms with van der Waals surface area (Å²) in [7, 11) is 4.09. The van der Waals surface area contributed by atoms with Crippen LogP contribution in [0, 0.1) is 0 Å². The van der Waals surface area contributed by atoms with Gasteiger partial charge >= 0.3 is 0 Å². The highest BCUT2D eigenvalue weighted by atomic mass is 15.2. The number of aromatic nitrogens is 2. The van der Waals surface area contributed by atoms with Crippen molar-refractivity contribution in [1.29, 1.82) is 0 Å². The van der Waals surface area contributed by atoms with Crippen LogP contribution in [0.3, 0.4) is 0 Å². The fourth-order valence-corrected chi connectivity index (χ4v) is 2.16. The molecule has 18 heavy (non-hydrogen) atoms. The molecule has 100 valence electrons. The van der Waals surface area contributed by atoms with E-state index < -0.39 is 0 Å². The Morgan fingerprint density at radius 3 is 2.67 bits per heavy atom. The van der Waals surface area contributed by atoms with Gasteiger partial charge in [0.2, 0.25) is 0 Å². The second-order valence-electron chi connectivity index (χ2n) is 4.79. The van der Waals surface area contributed by atoms with E-state index in [4.69, 9.17) is 0 Å². The Morgan fingerprint density at radius 1 is 1.33 bits per heavy atom. The monoisotopic (exact) mass is 249 g/mol. The maximum absolute atomic E-state index is 4.33. The topological polar surface area (TPSA) is 53.1 Å². The molecule has 0 saturated heterocycles. The summed E-state index contributed by atoms with van der Waals surface area (Å²) in [6, 6.07) is 0.815. The summed E-state index contributed by atoms with van der Waals surface area (Å²) in [5, 5.41) is 6.53. The highest BCUT2D eigenvalue weighted by Gasteiger charge is 2.25. The van der Waals surface area contributed by atoms with Gasteiger partial charge in [0.15, 0.2) is 0 Å². The SMILES string of the molecule is CCc1c(NC)ncnc1NCCN(C)C1CC1. The highest BCUT2D eigenvalue weighted by Crippen LogP contribution is 2.25. The van der Waals surface area contributed by atoms with E-state index in [1.54, 1.807) is 6.33 Å². The van der Waals surface area contributed by atoms with Crippen LogP contribution in [-0.4, -0.2) is 48.1 Å². The molecule has 0 aromatic carbocycles. The average Bonchev–Trinajstić information content (AvgIpc) is 3.22. The molecule has 1 aliphatic rings. The number of anilines is 2. The van der Waals surface area contributed by atoms with E-state index in [0.29, 0.717) is 0 Å². The van der Waals surface area contributed by atoms with Crippen molar-refractivity contribution < 1.29 is 0 Å². The smallest absolute Gasteiger partial charge is 0.134 e. The second kappa shape index (κ2) is 6.00. The van der Waals surface area contributed by atoms with Gasteiger partial charge in [-0.2, -0.15) is 0 Å². The van der Waals surface area contributed by atoms with E-state index in [2.05, 4.69) is 39.5 Å². The third-order valence-corrected chi connectivity index (χ3v) is 3.46. The van der Waals surface area contributed by atoms with Gasteiger partial charge in [0.1, 0.15) is 18.0 Å². The van der Waals surface area contributed by atoms with Crippen LogP contribution in [0.15, 0.2) is 6.33 Å². The summed E-state index contributed by atoms with van der Waals surface area (Å²) in [5.74, 6) is 1.88. The molecule has 0 bridgehead atoms. The maximum atomic E-state index is 4.33. The van der Waals surface area contributed by atoms with Gasteiger partial charge in [0.25, 0.3) is 0 Å². The van der Waals surface area contributed by atoms with Gasteiger partial charge in [0.05, 0.1) is 0 Å². The summed E-state index contributed by atoms with van der Waals surface area (Å²) in [6.07, 6.45) is 5.25. The van der Waals surface area contributed by atoms with Crippen molar-refractivity contribution in [1.82, 2.24) is 14.9 Å². The Labute approximate surface area is 109 Å². The molecule has 1 aromatic rings. The Kier molecular flexibility index (Phi) is 4.36. The molecule has 1 aliphatic carbocycles. The van der Waals surface area contributed by atoms with Crippen molar-refractivity contribution in [2.45, 2.75) is 32.2 Å². The highest BCUT2D eigenvalue weighted by molar-refractivity contribution is 5.57. The maximum Gasteiger partial charge on any atom is 0.134 e. The zero-order valence-electron chi connectivity index (χ0n) is 11.5. The molecule has 0 amide bonds. The minimum atomic E-state index is 0.815. The van der Waals surface area contributed by atoms with Crippen molar-refractivity contribution in [2.75, 3.05) is 37.8 Å².